The van der Waals surface area contributed by atoms with E-state index in [1.54, 1.807) is 36.4 Å². The van der Waals surface area contributed by atoms with Gasteiger partial charge in [0.05, 0.1) is 5.69 Å². The van der Waals surface area contributed by atoms with Gasteiger partial charge in [-0.15, -0.1) is 11.3 Å². The molecule has 2 aromatic carbocycles. The van der Waals surface area contributed by atoms with Gasteiger partial charge in [-0.25, -0.2) is 4.98 Å². The van der Waals surface area contributed by atoms with Crippen LogP contribution < -0.4 is 11.1 Å². The van der Waals surface area contributed by atoms with Crippen LogP contribution >= 0.6 is 11.3 Å². The number of amides is 1. The van der Waals surface area contributed by atoms with E-state index in [1.807, 2.05) is 30.3 Å². The van der Waals surface area contributed by atoms with Gasteiger partial charge in [-0.3, -0.25) is 9.59 Å². The predicted octanol–water partition coefficient (Wildman–Crippen LogP) is 5.31. The van der Waals surface area contributed by atoms with Crippen molar-refractivity contribution >= 4 is 44.6 Å². The van der Waals surface area contributed by atoms with Crippen molar-refractivity contribution in [3.63, 3.8) is 0 Å². The first-order valence-corrected chi connectivity index (χ1v) is 10.6. The molecule has 1 amide bonds. The third-order valence-corrected chi connectivity index (χ3v) is 5.92. The lowest BCUT2D eigenvalue weighted by atomic mass is 10.0. The van der Waals surface area contributed by atoms with E-state index in [0.29, 0.717) is 27.4 Å². The highest BCUT2D eigenvalue weighted by molar-refractivity contribution is 7.21. The molecule has 0 saturated carbocycles. The van der Waals surface area contributed by atoms with Crippen molar-refractivity contribution in [3.8, 4) is 0 Å². The predicted molar refractivity (Wildman–Crippen MR) is 122 cm³/mol. The molecule has 5 nitrogen and oxygen atoms in total. The first kappa shape index (κ1) is 19.8. The van der Waals surface area contributed by atoms with E-state index in [2.05, 4.69) is 17.2 Å². The van der Waals surface area contributed by atoms with Crippen LogP contribution in [-0.2, 0) is 6.42 Å². The number of pyridine rings is 1. The summed E-state index contributed by atoms with van der Waals surface area (Å²) in [5.41, 5.74) is 9.44. The summed E-state index contributed by atoms with van der Waals surface area (Å²) in [5, 5.41) is 3.66. The second-order valence-electron chi connectivity index (χ2n) is 6.98. The molecule has 150 valence electrons. The highest BCUT2D eigenvalue weighted by Crippen LogP contribution is 2.33. The maximum Gasteiger partial charge on any atom is 0.267 e. The number of hydrogen-bond acceptors (Lipinski definition) is 5. The molecule has 6 heteroatoms. The molecule has 0 bridgehead atoms. The Morgan fingerprint density at radius 2 is 1.67 bits per heavy atom. The number of anilines is 2. The topological polar surface area (TPSA) is 85.1 Å². The Hall–Kier alpha value is -3.51. The molecule has 0 atom stereocenters. The number of hydrogen-bond donors (Lipinski definition) is 2. The van der Waals surface area contributed by atoms with E-state index in [9.17, 15) is 9.59 Å². The average Bonchev–Trinajstić information content (AvgIpc) is 3.10. The van der Waals surface area contributed by atoms with Gasteiger partial charge in [-0.05, 0) is 42.8 Å². The van der Waals surface area contributed by atoms with Crippen LogP contribution in [0.1, 0.15) is 44.6 Å². The van der Waals surface area contributed by atoms with Gasteiger partial charge in [-0.2, -0.15) is 0 Å². The molecule has 0 fully saturated rings. The quantitative estimate of drug-likeness (QED) is 0.418. The highest BCUT2D eigenvalue weighted by atomic mass is 32.1. The third-order valence-electron chi connectivity index (χ3n) is 4.80. The Morgan fingerprint density at radius 3 is 2.37 bits per heavy atom. The fraction of sp³-hybridized carbons (Fsp3) is 0.125. The lowest BCUT2D eigenvalue weighted by Gasteiger charge is -2.06. The Bertz CT molecular complexity index is 1210. The van der Waals surface area contributed by atoms with Gasteiger partial charge in [0, 0.05) is 27.9 Å². The number of carbonyl (C=O) groups is 2. The summed E-state index contributed by atoms with van der Waals surface area (Å²) in [4.78, 5) is 31.1. The van der Waals surface area contributed by atoms with Crippen LogP contribution in [0.25, 0.3) is 10.2 Å². The van der Waals surface area contributed by atoms with Gasteiger partial charge >= 0.3 is 0 Å². The van der Waals surface area contributed by atoms with Gasteiger partial charge in [0.2, 0.25) is 0 Å². The normalized spacial score (nSPS) is 10.8. The van der Waals surface area contributed by atoms with E-state index in [0.717, 1.165) is 28.8 Å². The van der Waals surface area contributed by atoms with Crippen LogP contribution in [0.4, 0.5) is 11.4 Å². The van der Waals surface area contributed by atoms with Crippen molar-refractivity contribution < 1.29 is 9.59 Å². The van der Waals surface area contributed by atoms with E-state index in [1.165, 1.54) is 11.3 Å². The Morgan fingerprint density at radius 1 is 0.967 bits per heavy atom. The van der Waals surface area contributed by atoms with Crippen molar-refractivity contribution in [2.24, 2.45) is 0 Å². The summed E-state index contributed by atoms with van der Waals surface area (Å²) in [7, 11) is 0. The van der Waals surface area contributed by atoms with Gasteiger partial charge in [0.15, 0.2) is 5.78 Å². The molecule has 0 saturated heterocycles. The average molecular weight is 416 g/mol. The van der Waals surface area contributed by atoms with Crippen molar-refractivity contribution in [1.29, 1.82) is 0 Å². The molecule has 4 aromatic rings. The number of thiophene rings is 1. The summed E-state index contributed by atoms with van der Waals surface area (Å²) in [5.74, 6) is -0.342. The molecular weight excluding hydrogens is 394 g/mol. The van der Waals surface area contributed by atoms with Crippen LogP contribution in [0.2, 0.25) is 0 Å². The number of fused-ring (bicyclic) bond motifs is 1. The van der Waals surface area contributed by atoms with Crippen molar-refractivity contribution in [3.05, 3.63) is 88.4 Å². The Balaban J connectivity index is 1.52. The molecule has 0 aliphatic rings. The summed E-state index contributed by atoms with van der Waals surface area (Å²) >= 11 is 1.29. The zero-order valence-corrected chi connectivity index (χ0v) is 17.3. The smallest absolute Gasteiger partial charge is 0.267 e. The van der Waals surface area contributed by atoms with E-state index >= 15 is 0 Å². The maximum atomic E-state index is 12.8. The number of nitrogen functional groups attached to an aromatic ring is 1. The zero-order chi connectivity index (χ0) is 21.1. The molecule has 0 aliphatic heterocycles. The van der Waals surface area contributed by atoms with Gasteiger partial charge in [0.25, 0.3) is 5.91 Å². The largest absolute Gasteiger partial charge is 0.397 e. The Labute approximate surface area is 178 Å². The minimum Gasteiger partial charge on any atom is -0.397 e. The molecule has 3 N–H and O–H groups in total. The number of aromatic nitrogens is 1. The third kappa shape index (κ3) is 3.95. The van der Waals surface area contributed by atoms with E-state index in [-0.39, 0.29) is 11.7 Å². The molecule has 0 radical (unpaired) electrons. The van der Waals surface area contributed by atoms with E-state index < -0.39 is 0 Å². The first-order chi connectivity index (χ1) is 14.6. The molecule has 0 spiro atoms. The van der Waals surface area contributed by atoms with Crippen LogP contribution in [0.5, 0.6) is 0 Å². The minimum atomic E-state index is -0.283. The maximum absolute atomic E-state index is 12.8. The van der Waals surface area contributed by atoms with Gasteiger partial charge in [-0.1, -0.05) is 43.7 Å². The van der Waals surface area contributed by atoms with Crippen LogP contribution in [0.15, 0.2) is 66.7 Å². The zero-order valence-electron chi connectivity index (χ0n) is 16.5. The number of benzene rings is 2. The molecular formula is C24H21N3O2S. The number of nitrogens with zero attached hydrogens (tertiary/aromatic N) is 1. The standard InChI is InChI=1S/C24H21N3O2S/c1-2-6-17-13-14-19-20(25)22(30-24(19)27-17)23(29)26-18-11-9-16(10-12-18)21(28)15-7-4-3-5-8-15/h3-5,7-14H,2,6,25H2,1H3,(H,26,29). The first-order valence-electron chi connectivity index (χ1n) is 9.76. The van der Waals surface area contributed by atoms with Gasteiger partial charge in [0.1, 0.15) is 9.71 Å². The summed E-state index contributed by atoms with van der Waals surface area (Å²) < 4.78 is 0. The molecule has 0 unspecified atom stereocenters. The Kier molecular flexibility index (Phi) is 5.59. The second kappa shape index (κ2) is 8.47. The lowest BCUT2D eigenvalue weighted by molar-refractivity contribution is 0.102. The fourth-order valence-electron chi connectivity index (χ4n) is 3.25. The molecule has 4 rings (SSSR count). The number of nitrogens with two attached hydrogens (primary N) is 1. The number of nitrogens with one attached hydrogen (secondary N) is 1. The molecule has 30 heavy (non-hydrogen) atoms. The molecule has 0 aliphatic carbocycles. The van der Waals surface area contributed by atoms with Crippen LogP contribution in [-0.4, -0.2) is 16.7 Å². The number of ketones is 1. The SMILES string of the molecule is CCCc1ccc2c(N)c(C(=O)Nc3ccc(C(=O)c4ccccc4)cc3)sc2n1. The summed E-state index contributed by atoms with van der Waals surface area (Å²) in [6, 6.07) is 19.8. The number of aryl methyl sites for hydroxylation is 1. The molecule has 2 aromatic heterocycles. The van der Waals surface area contributed by atoms with Crippen molar-refractivity contribution in [1.82, 2.24) is 4.98 Å². The fourth-order valence-corrected chi connectivity index (χ4v) is 4.26. The second-order valence-corrected chi connectivity index (χ2v) is 7.98. The van der Waals surface area contributed by atoms with Crippen LogP contribution in [0, 0.1) is 0 Å². The van der Waals surface area contributed by atoms with E-state index in [4.69, 9.17) is 5.73 Å². The summed E-state index contributed by atoms with van der Waals surface area (Å²) in [6.07, 6.45) is 1.90. The van der Waals surface area contributed by atoms with Crippen LogP contribution in [0.3, 0.4) is 0 Å². The number of carbonyl (C=O) groups excluding carboxylic acids is 2. The monoisotopic (exact) mass is 415 g/mol. The van der Waals surface area contributed by atoms with Crippen molar-refractivity contribution in [2.45, 2.75) is 19.8 Å². The molecule has 2 heterocycles. The number of rotatable bonds is 6. The van der Waals surface area contributed by atoms with Crippen molar-refractivity contribution in [2.75, 3.05) is 11.1 Å². The summed E-state index contributed by atoms with van der Waals surface area (Å²) in [6.45, 7) is 2.10. The highest BCUT2D eigenvalue weighted by Gasteiger charge is 2.18. The minimum absolute atomic E-state index is 0.0591. The van der Waals surface area contributed by atoms with Gasteiger partial charge < -0.3 is 11.1 Å². The lowest BCUT2D eigenvalue weighted by Crippen LogP contribution is -2.12.